The van der Waals surface area contributed by atoms with Gasteiger partial charge in [-0.3, -0.25) is 4.79 Å². The van der Waals surface area contributed by atoms with Gasteiger partial charge in [0.2, 0.25) is 10.0 Å². The number of likely N-dealkylation sites (tertiary alicyclic amines) is 1. The number of hydrogen-bond donors (Lipinski definition) is 1. The SMILES string of the molecule is CSc1ccc(S(=O)(=O)NCCOc2cccc3ccccc23)cc1C(=O)N1CCCCC1. The number of carbonyl (C=O) groups is 1. The van der Waals surface area contributed by atoms with Crippen molar-refractivity contribution in [1.82, 2.24) is 9.62 Å². The summed E-state index contributed by atoms with van der Waals surface area (Å²) in [6, 6.07) is 18.4. The maximum Gasteiger partial charge on any atom is 0.255 e. The molecule has 1 amide bonds. The Morgan fingerprint density at radius 3 is 2.58 bits per heavy atom. The number of ether oxygens (including phenoxy) is 1. The Hall–Kier alpha value is -2.55. The van der Waals surface area contributed by atoms with Gasteiger partial charge in [-0.25, -0.2) is 13.1 Å². The minimum Gasteiger partial charge on any atom is -0.492 e. The van der Waals surface area contributed by atoms with Crippen LogP contribution in [0.2, 0.25) is 0 Å². The summed E-state index contributed by atoms with van der Waals surface area (Å²) >= 11 is 1.44. The van der Waals surface area contributed by atoms with Crippen LogP contribution in [-0.4, -0.2) is 51.7 Å². The molecular formula is C25H28N2O4S2. The van der Waals surface area contributed by atoms with Crippen molar-refractivity contribution in [2.45, 2.75) is 29.1 Å². The minimum atomic E-state index is -3.78. The zero-order chi connectivity index (χ0) is 23.3. The fraction of sp³-hybridized carbons (Fsp3) is 0.320. The maximum absolute atomic E-state index is 13.1. The van der Waals surface area contributed by atoms with Crippen LogP contribution < -0.4 is 9.46 Å². The highest BCUT2D eigenvalue weighted by atomic mass is 32.2. The molecule has 1 aliphatic heterocycles. The molecule has 0 spiro atoms. The number of benzene rings is 3. The molecule has 0 aromatic heterocycles. The minimum absolute atomic E-state index is 0.0887. The van der Waals surface area contributed by atoms with E-state index in [2.05, 4.69) is 4.72 Å². The van der Waals surface area contributed by atoms with E-state index in [9.17, 15) is 13.2 Å². The van der Waals surface area contributed by atoms with Crippen LogP contribution in [0.15, 0.2) is 70.5 Å². The van der Waals surface area contributed by atoms with Gasteiger partial charge in [0.05, 0.1) is 10.5 Å². The highest BCUT2D eigenvalue weighted by Gasteiger charge is 2.23. The molecule has 0 atom stereocenters. The number of hydrogen-bond acceptors (Lipinski definition) is 5. The van der Waals surface area contributed by atoms with E-state index in [1.54, 1.807) is 12.1 Å². The van der Waals surface area contributed by atoms with Crippen LogP contribution in [-0.2, 0) is 10.0 Å². The van der Waals surface area contributed by atoms with Gasteiger partial charge in [0.25, 0.3) is 5.91 Å². The lowest BCUT2D eigenvalue weighted by atomic mass is 10.1. The van der Waals surface area contributed by atoms with Crippen molar-refractivity contribution in [3.8, 4) is 5.75 Å². The van der Waals surface area contributed by atoms with Crippen molar-refractivity contribution in [1.29, 1.82) is 0 Å². The number of nitrogens with zero attached hydrogens (tertiary/aromatic N) is 1. The van der Waals surface area contributed by atoms with Gasteiger partial charge >= 0.3 is 0 Å². The first-order valence-corrected chi connectivity index (χ1v) is 13.8. The third-order valence-corrected chi connectivity index (χ3v) is 8.01. The lowest BCUT2D eigenvalue weighted by Crippen LogP contribution is -2.36. The molecule has 0 unspecified atom stereocenters. The monoisotopic (exact) mass is 484 g/mol. The van der Waals surface area contributed by atoms with Gasteiger partial charge in [0, 0.05) is 29.9 Å². The van der Waals surface area contributed by atoms with E-state index in [-0.39, 0.29) is 24.0 Å². The number of carbonyl (C=O) groups excluding carboxylic acids is 1. The van der Waals surface area contributed by atoms with E-state index < -0.39 is 10.0 Å². The van der Waals surface area contributed by atoms with Crippen molar-refractivity contribution in [2.24, 2.45) is 0 Å². The predicted molar refractivity (Wildman–Crippen MR) is 133 cm³/mol. The molecule has 0 saturated carbocycles. The second-order valence-corrected chi connectivity index (χ2v) is 10.6. The van der Waals surface area contributed by atoms with Gasteiger partial charge in [-0.15, -0.1) is 11.8 Å². The Morgan fingerprint density at radius 2 is 1.79 bits per heavy atom. The van der Waals surface area contributed by atoms with E-state index in [1.165, 1.54) is 17.8 Å². The number of sulfonamides is 1. The molecule has 1 heterocycles. The van der Waals surface area contributed by atoms with Crippen LogP contribution >= 0.6 is 11.8 Å². The van der Waals surface area contributed by atoms with Gasteiger partial charge in [-0.2, -0.15) is 0 Å². The predicted octanol–water partition coefficient (Wildman–Crippen LogP) is 4.55. The fourth-order valence-electron chi connectivity index (χ4n) is 4.03. The molecule has 3 aromatic carbocycles. The number of thioether (sulfide) groups is 1. The van der Waals surface area contributed by atoms with Gasteiger partial charge in [-0.05, 0) is 55.2 Å². The molecular weight excluding hydrogens is 456 g/mol. The molecule has 0 radical (unpaired) electrons. The smallest absolute Gasteiger partial charge is 0.255 e. The number of piperidine rings is 1. The van der Waals surface area contributed by atoms with Crippen LogP contribution in [0.3, 0.4) is 0 Å². The molecule has 8 heteroatoms. The Balaban J connectivity index is 1.44. The number of fused-ring (bicyclic) bond motifs is 1. The Kier molecular flexibility index (Phi) is 7.57. The van der Waals surface area contributed by atoms with E-state index in [0.29, 0.717) is 24.4 Å². The van der Waals surface area contributed by atoms with E-state index in [0.717, 1.165) is 34.9 Å². The molecule has 1 fully saturated rings. The first kappa shape index (κ1) is 23.6. The molecule has 1 saturated heterocycles. The maximum atomic E-state index is 13.1. The highest BCUT2D eigenvalue weighted by molar-refractivity contribution is 7.98. The number of nitrogens with one attached hydrogen (secondary N) is 1. The van der Waals surface area contributed by atoms with E-state index in [1.807, 2.05) is 53.6 Å². The van der Waals surface area contributed by atoms with Gasteiger partial charge in [0.15, 0.2) is 0 Å². The second kappa shape index (κ2) is 10.6. The Labute approximate surface area is 199 Å². The zero-order valence-electron chi connectivity index (χ0n) is 18.6. The molecule has 1 aliphatic rings. The zero-order valence-corrected chi connectivity index (χ0v) is 20.3. The standard InChI is InChI=1S/C25H28N2O4S2/c1-32-24-13-12-20(18-22(24)25(28)27-15-5-2-6-16-27)33(29,30)26-14-17-31-23-11-7-9-19-8-3-4-10-21(19)23/h3-4,7-13,18,26H,2,5-6,14-17H2,1H3. The summed E-state index contributed by atoms with van der Waals surface area (Å²) in [6.07, 6.45) is 4.98. The first-order valence-electron chi connectivity index (χ1n) is 11.1. The molecule has 174 valence electrons. The lowest BCUT2D eigenvalue weighted by molar-refractivity contribution is 0.0720. The third-order valence-electron chi connectivity index (χ3n) is 5.76. The normalized spacial score (nSPS) is 14.4. The van der Waals surface area contributed by atoms with Crippen LogP contribution in [0.4, 0.5) is 0 Å². The van der Waals surface area contributed by atoms with Crippen molar-refractivity contribution in [2.75, 3.05) is 32.5 Å². The van der Waals surface area contributed by atoms with E-state index >= 15 is 0 Å². The molecule has 0 bridgehead atoms. The van der Waals surface area contributed by atoms with Crippen molar-refractivity contribution in [3.63, 3.8) is 0 Å². The molecule has 6 nitrogen and oxygen atoms in total. The summed E-state index contributed by atoms with van der Waals surface area (Å²) in [7, 11) is -3.78. The Morgan fingerprint density at radius 1 is 1.03 bits per heavy atom. The van der Waals surface area contributed by atoms with Crippen molar-refractivity contribution in [3.05, 3.63) is 66.2 Å². The number of rotatable bonds is 8. The van der Waals surface area contributed by atoms with Crippen molar-refractivity contribution >= 4 is 38.5 Å². The summed E-state index contributed by atoms with van der Waals surface area (Å²) in [5.74, 6) is 0.612. The summed E-state index contributed by atoms with van der Waals surface area (Å²) in [4.78, 5) is 15.8. The average Bonchev–Trinajstić information content (AvgIpc) is 2.86. The molecule has 4 rings (SSSR count). The first-order chi connectivity index (χ1) is 16.0. The molecule has 1 N–H and O–H groups in total. The molecule has 0 aliphatic carbocycles. The molecule has 3 aromatic rings. The summed E-state index contributed by atoms with van der Waals surface area (Å²) in [5.41, 5.74) is 0.444. The van der Waals surface area contributed by atoms with Gasteiger partial charge < -0.3 is 9.64 Å². The third kappa shape index (κ3) is 5.51. The van der Waals surface area contributed by atoms with Crippen LogP contribution in [0.5, 0.6) is 5.75 Å². The second-order valence-electron chi connectivity index (χ2n) is 7.94. The summed E-state index contributed by atoms with van der Waals surface area (Å²) in [6.45, 7) is 1.74. The quantitative estimate of drug-likeness (QED) is 0.375. The summed E-state index contributed by atoms with van der Waals surface area (Å²) in [5, 5.41) is 2.05. The van der Waals surface area contributed by atoms with Gasteiger partial charge in [0.1, 0.15) is 12.4 Å². The van der Waals surface area contributed by atoms with Crippen molar-refractivity contribution < 1.29 is 17.9 Å². The number of amides is 1. The van der Waals surface area contributed by atoms with Gasteiger partial charge in [-0.1, -0.05) is 36.4 Å². The summed E-state index contributed by atoms with van der Waals surface area (Å²) < 4.78 is 34.2. The average molecular weight is 485 g/mol. The topological polar surface area (TPSA) is 75.7 Å². The lowest BCUT2D eigenvalue weighted by Gasteiger charge is -2.27. The molecule has 33 heavy (non-hydrogen) atoms. The van der Waals surface area contributed by atoms with Crippen LogP contribution in [0.1, 0.15) is 29.6 Å². The largest absolute Gasteiger partial charge is 0.492 e. The fourth-order valence-corrected chi connectivity index (χ4v) is 5.64. The van der Waals surface area contributed by atoms with Crippen LogP contribution in [0, 0.1) is 0 Å². The Bertz CT molecular complexity index is 1230. The highest BCUT2D eigenvalue weighted by Crippen LogP contribution is 2.27. The van der Waals surface area contributed by atoms with E-state index in [4.69, 9.17) is 4.74 Å². The van der Waals surface area contributed by atoms with Crippen LogP contribution in [0.25, 0.3) is 10.8 Å².